The van der Waals surface area contributed by atoms with Gasteiger partial charge in [0.15, 0.2) is 16.8 Å². The summed E-state index contributed by atoms with van der Waals surface area (Å²) in [6, 6.07) is 0. The summed E-state index contributed by atoms with van der Waals surface area (Å²) in [5.41, 5.74) is 0. The topological polar surface area (TPSA) is 62.7 Å². The Hall–Kier alpha value is -1.30. The van der Waals surface area contributed by atoms with Gasteiger partial charge in [-0.05, 0) is 0 Å². The molecule has 0 aliphatic carbocycles. The average Bonchev–Trinajstić information content (AvgIpc) is 2.48. The number of ether oxygens (including phenoxy) is 1. The zero-order valence-electron chi connectivity index (χ0n) is 7.35. The van der Waals surface area contributed by atoms with Crippen LogP contribution in [0.5, 0.6) is 5.06 Å². The SMILES string of the molecule is CN(C)c1ncc(OCC(=O)O)s1. The Morgan fingerprint density at radius 1 is 1.77 bits per heavy atom. The second-order valence-corrected chi connectivity index (χ2v) is 3.51. The van der Waals surface area contributed by atoms with E-state index in [4.69, 9.17) is 9.84 Å². The minimum atomic E-state index is -0.986. The Bertz CT molecular complexity index is 298. The van der Waals surface area contributed by atoms with Gasteiger partial charge in [0.2, 0.25) is 0 Å². The molecule has 0 aliphatic rings. The van der Waals surface area contributed by atoms with E-state index in [1.54, 1.807) is 0 Å². The van der Waals surface area contributed by atoms with Crippen molar-refractivity contribution in [3.63, 3.8) is 0 Å². The predicted octanol–water partition coefficient (Wildman–Crippen LogP) is 0.672. The maximum Gasteiger partial charge on any atom is 0.341 e. The molecule has 0 saturated carbocycles. The number of carbonyl (C=O) groups is 1. The van der Waals surface area contributed by atoms with Gasteiger partial charge in [-0.15, -0.1) is 0 Å². The van der Waals surface area contributed by atoms with Gasteiger partial charge in [-0.3, -0.25) is 0 Å². The third-order valence-electron chi connectivity index (χ3n) is 1.19. The fraction of sp³-hybridized carbons (Fsp3) is 0.429. The molecule has 13 heavy (non-hydrogen) atoms. The molecule has 1 rings (SSSR count). The van der Waals surface area contributed by atoms with Crippen LogP contribution in [-0.4, -0.2) is 36.8 Å². The highest BCUT2D eigenvalue weighted by atomic mass is 32.1. The van der Waals surface area contributed by atoms with Gasteiger partial charge in [0.05, 0.1) is 6.20 Å². The van der Waals surface area contributed by atoms with E-state index in [1.807, 2.05) is 19.0 Å². The highest BCUT2D eigenvalue weighted by Crippen LogP contribution is 2.26. The van der Waals surface area contributed by atoms with Gasteiger partial charge < -0.3 is 14.7 Å². The number of hydrogen-bond donors (Lipinski definition) is 1. The van der Waals surface area contributed by atoms with Crippen molar-refractivity contribution >= 4 is 22.4 Å². The van der Waals surface area contributed by atoms with Crippen LogP contribution in [0.2, 0.25) is 0 Å². The Morgan fingerprint density at radius 2 is 2.46 bits per heavy atom. The Balaban J connectivity index is 2.54. The number of hydrogen-bond acceptors (Lipinski definition) is 5. The van der Waals surface area contributed by atoms with Crippen molar-refractivity contribution in [2.24, 2.45) is 0 Å². The number of rotatable bonds is 4. The highest BCUT2D eigenvalue weighted by Gasteiger charge is 2.05. The molecule has 0 amide bonds. The van der Waals surface area contributed by atoms with Crippen molar-refractivity contribution in [2.75, 3.05) is 25.6 Å². The molecule has 0 atom stereocenters. The van der Waals surface area contributed by atoms with E-state index in [0.717, 1.165) is 5.13 Å². The normalized spacial score (nSPS) is 9.69. The Morgan fingerprint density at radius 3 is 2.92 bits per heavy atom. The van der Waals surface area contributed by atoms with Crippen LogP contribution in [0, 0.1) is 0 Å². The number of carboxylic acid groups (broad SMARTS) is 1. The summed E-state index contributed by atoms with van der Waals surface area (Å²) in [5.74, 6) is -0.986. The van der Waals surface area contributed by atoms with E-state index < -0.39 is 5.97 Å². The van der Waals surface area contributed by atoms with Crippen LogP contribution in [0.25, 0.3) is 0 Å². The van der Waals surface area contributed by atoms with Gasteiger partial charge in [-0.25, -0.2) is 9.78 Å². The monoisotopic (exact) mass is 202 g/mol. The fourth-order valence-corrected chi connectivity index (χ4v) is 1.35. The first kappa shape index (κ1) is 9.79. The molecule has 1 aromatic heterocycles. The number of nitrogens with zero attached hydrogens (tertiary/aromatic N) is 2. The van der Waals surface area contributed by atoms with Crippen LogP contribution < -0.4 is 9.64 Å². The molecule has 1 aromatic rings. The lowest BCUT2D eigenvalue weighted by molar-refractivity contribution is -0.139. The molecule has 1 N–H and O–H groups in total. The number of anilines is 1. The van der Waals surface area contributed by atoms with Crippen molar-refractivity contribution in [1.29, 1.82) is 0 Å². The molecular weight excluding hydrogens is 192 g/mol. The maximum atomic E-state index is 10.2. The first-order valence-corrected chi connectivity index (χ1v) is 4.39. The van der Waals surface area contributed by atoms with Crippen LogP contribution >= 0.6 is 11.3 Å². The Labute approximate surface area is 79.6 Å². The second-order valence-electron chi connectivity index (χ2n) is 2.54. The summed E-state index contributed by atoms with van der Waals surface area (Å²) in [6.45, 7) is -0.324. The molecule has 0 radical (unpaired) electrons. The van der Waals surface area contributed by atoms with E-state index in [2.05, 4.69) is 4.98 Å². The van der Waals surface area contributed by atoms with Gasteiger partial charge in [0.25, 0.3) is 0 Å². The molecule has 0 fully saturated rings. The maximum absolute atomic E-state index is 10.2. The summed E-state index contributed by atoms with van der Waals surface area (Å²) in [5, 5.41) is 9.65. The summed E-state index contributed by atoms with van der Waals surface area (Å²) in [6.07, 6.45) is 1.52. The van der Waals surface area contributed by atoms with E-state index in [0.29, 0.717) is 5.06 Å². The summed E-state index contributed by atoms with van der Waals surface area (Å²) in [4.78, 5) is 16.0. The standard InChI is InChI=1S/C7H10N2O3S/c1-9(2)7-8-3-6(13-7)12-4-5(10)11/h3H,4H2,1-2H3,(H,10,11). The number of thiazole rings is 1. The molecule has 0 bridgehead atoms. The molecule has 0 unspecified atom stereocenters. The number of aliphatic carboxylic acids is 1. The third-order valence-corrected chi connectivity index (χ3v) is 2.27. The van der Waals surface area contributed by atoms with Crippen LogP contribution in [0.15, 0.2) is 6.20 Å². The van der Waals surface area contributed by atoms with Crippen molar-refractivity contribution in [3.05, 3.63) is 6.20 Å². The third kappa shape index (κ3) is 2.90. The molecule has 6 heteroatoms. The zero-order chi connectivity index (χ0) is 9.84. The van der Waals surface area contributed by atoms with E-state index >= 15 is 0 Å². The van der Waals surface area contributed by atoms with Gasteiger partial charge in [0.1, 0.15) is 0 Å². The van der Waals surface area contributed by atoms with Crippen LogP contribution in [0.3, 0.4) is 0 Å². The predicted molar refractivity (Wildman–Crippen MR) is 49.6 cm³/mol. The summed E-state index contributed by atoms with van der Waals surface area (Å²) in [7, 11) is 3.72. The lowest BCUT2D eigenvalue weighted by Gasteiger charge is -2.04. The summed E-state index contributed by atoms with van der Waals surface area (Å²) < 4.78 is 4.93. The molecular formula is C7H10N2O3S. The lowest BCUT2D eigenvalue weighted by atomic mass is 10.7. The highest BCUT2D eigenvalue weighted by molar-refractivity contribution is 7.17. The molecule has 0 aromatic carbocycles. The van der Waals surface area contributed by atoms with Crippen molar-refractivity contribution in [2.45, 2.75) is 0 Å². The Kier molecular flexibility index (Phi) is 3.07. The molecule has 0 spiro atoms. The number of aromatic nitrogens is 1. The van der Waals surface area contributed by atoms with Crippen LogP contribution in [0.1, 0.15) is 0 Å². The fourth-order valence-electron chi connectivity index (χ4n) is 0.657. The first-order chi connectivity index (χ1) is 6.09. The minimum Gasteiger partial charge on any atom is -0.479 e. The van der Waals surface area contributed by atoms with Crippen LogP contribution in [0.4, 0.5) is 5.13 Å². The molecule has 0 aliphatic heterocycles. The molecule has 5 nitrogen and oxygen atoms in total. The van der Waals surface area contributed by atoms with Gasteiger partial charge >= 0.3 is 5.97 Å². The lowest BCUT2D eigenvalue weighted by Crippen LogP contribution is -2.08. The van der Waals surface area contributed by atoms with E-state index in [-0.39, 0.29) is 6.61 Å². The van der Waals surface area contributed by atoms with E-state index in [9.17, 15) is 4.79 Å². The zero-order valence-corrected chi connectivity index (χ0v) is 8.17. The number of carboxylic acids is 1. The minimum absolute atomic E-state index is 0.324. The van der Waals surface area contributed by atoms with Crippen molar-refractivity contribution in [1.82, 2.24) is 4.98 Å². The van der Waals surface area contributed by atoms with Gasteiger partial charge in [-0.2, -0.15) is 0 Å². The molecule has 0 saturated heterocycles. The van der Waals surface area contributed by atoms with Crippen molar-refractivity contribution in [3.8, 4) is 5.06 Å². The van der Waals surface area contributed by atoms with Crippen LogP contribution in [-0.2, 0) is 4.79 Å². The van der Waals surface area contributed by atoms with Crippen molar-refractivity contribution < 1.29 is 14.6 Å². The average molecular weight is 202 g/mol. The largest absolute Gasteiger partial charge is 0.479 e. The smallest absolute Gasteiger partial charge is 0.341 e. The van der Waals surface area contributed by atoms with Gasteiger partial charge in [-0.1, -0.05) is 11.3 Å². The van der Waals surface area contributed by atoms with E-state index in [1.165, 1.54) is 17.5 Å². The molecule has 1 heterocycles. The summed E-state index contributed by atoms with van der Waals surface area (Å²) >= 11 is 1.31. The molecule has 72 valence electrons. The van der Waals surface area contributed by atoms with Gasteiger partial charge in [0, 0.05) is 14.1 Å². The second kappa shape index (κ2) is 4.08. The quantitative estimate of drug-likeness (QED) is 0.777. The first-order valence-electron chi connectivity index (χ1n) is 3.57.